The van der Waals surface area contributed by atoms with E-state index in [1.54, 1.807) is 12.1 Å². The van der Waals surface area contributed by atoms with Crippen LogP contribution in [0.1, 0.15) is 15.9 Å². The summed E-state index contributed by atoms with van der Waals surface area (Å²) in [5, 5.41) is 12.1. The molecule has 0 spiro atoms. The van der Waals surface area contributed by atoms with Crippen LogP contribution in [0.4, 0.5) is 0 Å². The minimum atomic E-state index is -0.558. The molecule has 0 aromatic heterocycles. The van der Waals surface area contributed by atoms with E-state index < -0.39 is 5.91 Å². The van der Waals surface area contributed by atoms with Gasteiger partial charge in [-0.15, -0.1) is 0 Å². The number of hydrogen-bond acceptors (Lipinski definition) is 4. The summed E-state index contributed by atoms with van der Waals surface area (Å²) in [4.78, 5) is 22.1. The smallest absolute Gasteiger partial charge is 0.255 e. The summed E-state index contributed by atoms with van der Waals surface area (Å²) in [6, 6.07) is 4.77. The van der Waals surface area contributed by atoms with Gasteiger partial charge in [0.05, 0.1) is 12.2 Å². The van der Waals surface area contributed by atoms with Gasteiger partial charge >= 0.3 is 0 Å². The topological polar surface area (TPSA) is 102 Å². The van der Waals surface area contributed by atoms with E-state index in [4.69, 9.17) is 10.5 Å². The molecular weight excluding hydrogens is 236 g/mol. The molecule has 18 heavy (non-hydrogen) atoms. The minimum Gasteiger partial charge on any atom is -0.507 e. The number of amides is 2. The van der Waals surface area contributed by atoms with Crippen LogP contribution >= 0.6 is 0 Å². The van der Waals surface area contributed by atoms with E-state index in [2.05, 4.69) is 5.32 Å². The summed E-state index contributed by atoms with van der Waals surface area (Å²) in [7, 11) is 0. The zero-order valence-electron chi connectivity index (χ0n) is 10.1. The van der Waals surface area contributed by atoms with Gasteiger partial charge in [0.2, 0.25) is 5.91 Å². The molecule has 1 rings (SSSR count). The average molecular weight is 252 g/mol. The molecular formula is C12H16N2O4. The Kier molecular flexibility index (Phi) is 5.13. The van der Waals surface area contributed by atoms with Crippen molar-refractivity contribution in [3.05, 3.63) is 29.3 Å². The van der Waals surface area contributed by atoms with Crippen LogP contribution in [0.2, 0.25) is 0 Å². The van der Waals surface area contributed by atoms with Crippen molar-refractivity contribution in [2.45, 2.75) is 6.92 Å². The third kappa shape index (κ3) is 4.42. The molecule has 6 heteroatoms. The van der Waals surface area contributed by atoms with Gasteiger partial charge < -0.3 is 20.9 Å². The van der Waals surface area contributed by atoms with Gasteiger partial charge in [-0.05, 0) is 19.1 Å². The van der Waals surface area contributed by atoms with E-state index in [0.717, 1.165) is 5.56 Å². The predicted molar refractivity (Wildman–Crippen MR) is 65.2 cm³/mol. The lowest BCUT2D eigenvalue weighted by Crippen LogP contribution is -2.28. The van der Waals surface area contributed by atoms with E-state index in [1.807, 2.05) is 6.92 Å². The second-order valence-corrected chi connectivity index (χ2v) is 3.80. The Balaban J connectivity index is 2.41. The van der Waals surface area contributed by atoms with Crippen molar-refractivity contribution in [1.82, 2.24) is 5.32 Å². The molecule has 0 bridgehead atoms. The lowest BCUT2D eigenvalue weighted by molar-refractivity contribution is -0.122. The van der Waals surface area contributed by atoms with E-state index in [-0.39, 0.29) is 37.0 Å². The number of benzene rings is 1. The van der Waals surface area contributed by atoms with Crippen LogP contribution in [0.15, 0.2) is 18.2 Å². The molecule has 0 aliphatic heterocycles. The first-order valence-corrected chi connectivity index (χ1v) is 5.44. The molecule has 0 heterocycles. The van der Waals surface area contributed by atoms with Crippen molar-refractivity contribution in [2.75, 3.05) is 19.8 Å². The van der Waals surface area contributed by atoms with Gasteiger partial charge in [0, 0.05) is 6.54 Å². The van der Waals surface area contributed by atoms with Crippen molar-refractivity contribution in [3.63, 3.8) is 0 Å². The lowest BCUT2D eigenvalue weighted by atomic mass is 10.1. The first-order valence-electron chi connectivity index (χ1n) is 5.44. The molecule has 0 fully saturated rings. The zero-order chi connectivity index (χ0) is 13.5. The fourth-order valence-electron chi connectivity index (χ4n) is 1.34. The van der Waals surface area contributed by atoms with E-state index in [1.165, 1.54) is 6.07 Å². The number of phenolic OH excluding ortho intramolecular Hbond substituents is 1. The quantitative estimate of drug-likeness (QED) is 0.617. The standard InChI is InChI=1S/C12H16N2O4/c1-8-2-3-10(15)9(6-8)12(17)14-4-5-18-7-11(13)16/h2-3,6,15H,4-5,7H2,1H3,(H2,13,16)(H,14,17). The highest BCUT2D eigenvalue weighted by Crippen LogP contribution is 2.17. The Labute approximate surface area is 105 Å². The molecule has 0 saturated heterocycles. The summed E-state index contributed by atoms with van der Waals surface area (Å²) < 4.78 is 4.88. The number of aryl methyl sites for hydroxylation is 1. The minimum absolute atomic E-state index is 0.0730. The summed E-state index contributed by atoms with van der Waals surface area (Å²) >= 11 is 0. The summed E-state index contributed by atoms with van der Waals surface area (Å²) in [5.41, 5.74) is 5.97. The predicted octanol–water partition coefficient (Wildman–Crippen LogP) is -0.0677. The number of phenols is 1. The normalized spacial score (nSPS) is 10.1. The molecule has 1 aromatic carbocycles. The largest absolute Gasteiger partial charge is 0.507 e. The van der Waals surface area contributed by atoms with Gasteiger partial charge in [-0.25, -0.2) is 0 Å². The molecule has 2 amide bonds. The van der Waals surface area contributed by atoms with Gasteiger partial charge in [-0.2, -0.15) is 0 Å². The summed E-state index contributed by atoms with van der Waals surface area (Å²) in [5.74, 6) is -1.02. The van der Waals surface area contributed by atoms with E-state index in [9.17, 15) is 14.7 Å². The monoisotopic (exact) mass is 252 g/mol. The number of aromatic hydroxyl groups is 1. The summed E-state index contributed by atoms with van der Waals surface area (Å²) in [6.07, 6.45) is 0. The van der Waals surface area contributed by atoms with Gasteiger partial charge in [-0.1, -0.05) is 11.6 Å². The van der Waals surface area contributed by atoms with Crippen LogP contribution in [-0.2, 0) is 9.53 Å². The fraction of sp³-hybridized carbons (Fsp3) is 0.333. The number of rotatable bonds is 6. The number of nitrogens with two attached hydrogens (primary N) is 1. The number of carbonyl (C=O) groups is 2. The molecule has 0 saturated carbocycles. The molecule has 0 radical (unpaired) electrons. The third-order valence-electron chi connectivity index (χ3n) is 2.17. The molecule has 98 valence electrons. The van der Waals surface area contributed by atoms with Crippen molar-refractivity contribution in [3.8, 4) is 5.75 Å². The van der Waals surface area contributed by atoms with Gasteiger partial charge in [0.1, 0.15) is 12.4 Å². The van der Waals surface area contributed by atoms with E-state index in [0.29, 0.717) is 0 Å². The highest BCUT2D eigenvalue weighted by atomic mass is 16.5. The molecule has 0 atom stereocenters. The van der Waals surface area contributed by atoms with Gasteiger partial charge in [0.25, 0.3) is 5.91 Å². The van der Waals surface area contributed by atoms with Crippen LogP contribution in [0.3, 0.4) is 0 Å². The molecule has 0 aliphatic carbocycles. The van der Waals surface area contributed by atoms with Crippen LogP contribution < -0.4 is 11.1 Å². The van der Waals surface area contributed by atoms with Crippen LogP contribution in [0, 0.1) is 6.92 Å². The Morgan fingerprint density at radius 2 is 2.17 bits per heavy atom. The second-order valence-electron chi connectivity index (χ2n) is 3.80. The van der Waals surface area contributed by atoms with Crippen molar-refractivity contribution < 1.29 is 19.4 Å². The van der Waals surface area contributed by atoms with Crippen LogP contribution in [-0.4, -0.2) is 36.7 Å². The van der Waals surface area contributed by atoms with Crippen molar-refractivity contribution >= 4 is 11.8 Å². The van der Waals surface area contributed by atoms with Gasteiger partial charge in [-0.3, -0.25) is 9.59 Å². The SMILES string of the molecule is Cc1ccc(O)c(C(=O)NCCOCC(N)=O)c1. The number of primary amides is 1. The molecule has 1 aromatic rings. The van der Waals surface area contributed by atoms with E-state index >= 15 is 0 Å². The zero-order valence-corrected chi connectivity index (χ0v) is 10.1. The second kappa shape index (κ2) is 6.61. The van der Waals surface area contributed by atoms with Crippen molar-refractivity contribution in [1.29, 1.82) is 0 Å². The Morgan fingerprint density at radius 3 is 2.83 bits per heavy atom. The van der Waals surface area contributed by atoms with Crippen LogP contribution in [0.25, 0.3) is 0 Å². The molecule has 4 N–H and O–H groups in total. The highest BCUT2D eigenvalue weighted by Gasteiger charge is 2.10. The number of ether oxygens (including phenoxy) is 1. The van der Waals surface area contributed by atoms with Crippen LogP contribution in [0.5, 0.6) is 5.75 Å². The molecule has 6 nitrogen and oxygen atoms in total. The first kappa shape index (κ1) is 14.0. The molecule has 0 unspecified atom stereocenters. The highest BCUT2D eigenvalue weighted by molar-refractivity contribution is 5.96. The first-order chi connectivity index (χ1) is 8.50. The third-order valence-corrected chi connectivity index (χ3v) is 2.17. The number of nitrogens with one attached hydrogen (secondary N) is 1. The maximum absolute atomic E-state index is 11.7. The van der Waals surface area contributed by atoms with Gasteiger partial charge in [0.15, 0.2) is 0 Å². The lowest BCUT2D eigenvalue weighted by Gasteiger charge is -2.07. The number of hydrogen-bond donors (Lipinski definition) is 3. The molecule has 0 aliphatic rings. The maximum Gasteiger partial charge on any atom is 0.255 e. The maximum atomic E-state index is 11.7. The average Bonchev–Trinajstić information content (AvgIpc) is 2.31. The van der Waals surface area contributed by atoms with Crippen molar-refractivity contribution in [2.24, 2.45) is 5.73 Å². The number of carbonyl (C=O) groups excluding carboxylic acids is 2. The Hall–Kier alpha value is -2.08. The fourth-order valence-corrected chi connectivity index (χ4v) is 1.34. The summed E-state index contributed by atoms with van der Waals surface area (Å²) in [6.45, 7) is 2.07. The Bertz CT molecular complexity index is 446. The Morgan fingerprint density at radius 1 is 1.44 bits per heavy atom.